The lowest BCUT2D eigenvalue weighted by molar-refractivity contribution is 0.0795. The molecular formula is C24H30N8O3. The van der Waals surface area contributed by atoms with Gasteiger partial charge in [-0.05, 0) is 42.7 Å². The molecule has 0 spiro atoms. The number of hydrogen-bond donors (Lipinski definition) is 2. The predicted octanol–water partition coefficient (Wildman–Crippen LogP) is 2.55. The largest absolute Gasteiger partial charge is 0.337 e. The van der Waals surface area contributed by atoms with Crippen LogP contribution in [0.5, 0.6) is 0 Å². The van der Waals surface area contributed by atoms with Crippen LogP contribution in [0, 0.1) is 17.2 Å². The van der Waals surface area contributed by atoms with Crippen molar-refractivity contribution >= 4 is 29.6 Å². The first kappa shape index (κ1) is 25.4. The summed E-state index contributed by atoms with van der Waals surface area (Å²) in [5.41, 5.74) is 0.860. The van der Waals surface area contributed by atoms with Crippen molar-refractivity contribution in [1.29, 1.82) is 5.26 Å². The van der Waals surface area contributed by atoms with Crippen LogP contribution < -0.4 is 15.5 Å². The first-order valence-electron chi connectivity index (χ1n) is 11.5. The highest BCUT2D eigenvalue weighted by atomic mass is 16.2. The highest BCUT2D eigenvalue weighted by molar-refractivity contribution is 6.04. The SMILES string of the molecule is CC(C)CCN(C(=O)NCC#N)C(=O)c1ccc(NC(=O)N2CCN(c3ncccn3)CC2)cc1. The summed E-state index contributed by atoms with van der Waals surface area (Å²) in [6.45, 7) is 6.39. The molecule has 184 valence electrons. The summed E-state index contributed by atoms with van der Waals surface area (Å²) in [5.74, 6) is 0.489. The highest BCUT2D eigenvalue weighted by Gasteiger charge is 2.24. The number of urea groups is 2. The number of carbonyl (C=O) groups is 3. The second kappa shape index (κ2) is 12.3. The van der Waals surface area contributed by atoms with Gasteiger partial charge in [0.05, 0.1) is 6.07 Å². The third-order valence-corrected chi connectivity index (χ3v) is 5.52. The van der Waals surface area contributed by atoms with Crippen LogP contribution in [0.25, 0.3) is 0 Å². The lowest BCUT2D eigenvalue weighted by atomic mass is 10.1. The summed E-state index contributed by atoms with van der Waals surface area (Å²) in [5, 5.41) is 14.0. The molecular weight excluding hydrogens is 448 g/mol. The van der Waals surface area contributed by atoms with Gasteiger partial charge in [0.2, 0.25) is 5.95 Å². The Morgan fingerprint density at radius 1 is 1.09 bits per heavy atom. The zero-order chi connectivity index (χ0) is 25.2. The Morgan fingerprint density at radius 3 is 2.34 bits per heavy atom. The van der Waals surface area contributed by atoms with Gasteiger partial charge in [-0.25, -0.2) is 19.6 Å². The molecule has 0 saturated carbocycles. The molecule has 0 atom stereocenters. The van der Waals surface area contributed by atoms with Crippen LogP contribution in [-0.2, 0) is 0 Å². The Hall–Kier alpha value is -4.20. The van der Waals surface area contributed by atoms with Gasteiger partial charge in [0.15, 0.2) is 0 Å². The Balaban J connectivity index is 1.57. The van der Waals surface area contributed by atoms with Gasteiger partial charge in [0.25, 0.3) is 5.91 Å². The van der Waals surface area contributed by atoms with E-state index in [1.54, 1.807) is 47.6 Å². The molecule has 0 aliphatic carbocycles. The molecule has 2 aromatic rings. The Morgan fingerprint density at radius 2 is 1.74 bits per heavy atom. The molecule has 11 heteroatoms. The number of carbonyl (C=O) groups excluding carboxylic acids is 3. The van der Waals surface area contributed by atoms with Crippen molar-refractivity contribution in [1.82, 2.24) is 25.1 Å². The maximum absolute atomic E-state index is 13.0. The minimum atomic E-state index is -0.602. The molecule has 1 aromatic carbocycles. The molecule has 35 heavy (non-hydrogen) atoms. The fourth-order valence-electron chi connectivity index (χ4n) is 3.51. The van der Waals surface area contributed by atoms with Gasteiger partial charge >= 0.3 is 12.1 Å². The fraction of sp³-hybridized carbons (Fsp3) is 0.417. The summed E-state index contributed by atoms with van der Waals surface area (Å²) in [4.78, 5) is 51.4. The second-order valence-corrected chi connectivity index (χ2v) is 8.49. The van der Waals surface area contributed by atoms with Crippen molar-refractivity contribution in [2.24, 2.45) is 5.92 Å². The van der Waals surface area contributed by atoms with E-state index < -0.39 is 11.9 Å². The van der Waals surface area contributed by atoms with Crippen molar-refractivity contribution < 1.29 is 14.4 Å². The lowest BCUT2D eigenvalue weighted by Crippen LogP contribution is -2.50. The summed E-state index contributed by atoms with van der Waals surface area (Å²) < 4.78 is 0. The standard InChI is InChI=1S/C24H30N8O3/c1-18(2)8-13-32(23(34)28-12-9-25)21(33)19-4-6-20(7-5-19)29-24(35)31-16-14-30(15-17-31)22-26-10-3-11-27-22/h3-7,10-11,18H,8,12-17H2,1-2H3,(H,28,34)(H,29,35). The van der Waals surface area contributed by atoms with E-state index >= 15 is 0 Å². The molecule has 0 unspecified atom stereocenters. The van der Waals surface area contributed by atoms with Crippen molar-refractivity contribution in [3.63, 3.8) is 0 Å². The number of anilines is 2. The first-order chi connectivity index (χ1) is 16.9. The summed E-state index contributed by atoms with van der Waals surface area (Å²) in [6.07, 6.45) is 4.03. The number of piperazine rings is 1. The molecule has 1 aliphatic rings. The zero-order valence-electron chi connectivity index (χ0n) is 20.0. The van der Waals surface area contributed by atoms with E-state index in [4.69, 9.17) is 5.26 Å². The topological polar surface area (TPSA) is 135 Å². The van der Waals surface area contributed by atoms with Crippen molar-refractivity contribution in [3.05, 3.63) is 48.3 Å². The molecule has 1 aliphatic heterocycles. The van der Waals surface area contributed by atoms with Gasteiger partial charge in [-0.1, -0.05) is 13.8 Å². The monoisotopic (exact) mass is 478 g/mol. The number of imide groups is 1. The number of hydrogen-bond acceptors (Lipinski definition) is 7. The molecule has 1 aromatic heterocycles. The summed E-state index contributed by atoms with van der Waals surface area (Å²) in [7, 11) is 0. The minimum Gasteiger partial charge on any atom is -0.337 e. The van der Waals surface area contributed by atoms with Gasteiger partial charge in [0, 0.05) is 56.4 Å². The van der Waals surface area contributed by atoms with Crippen molar-refractivity contribution in [2.75, 3.05) is 49.5 Å². The maximum Gasteiger partial charge on any atom is 0.325 e. The molecule has 3 rings (SSSR count). The molecule has 2 N–H and O–H groups in total. The number of benzene rings is 1. The Kier molecular flexibility index (Phi) is 8.95. The van der Waals surface area contributed by atoms with E-state index in [1.807, 2.05) is 24.8 Å². The number of nitrogens with one attached hydrogen (secondary N) is 2. The predicted molar refractivity (Wildman–Crippen MR) is 131 cm³/mol. The van der Waals surface area contributed by atoms with Gasteiger partial charge in [-0.2, -0.15) is 5.26 Å². The third-order valence-electron chi connectivity index (χ3n) is 5.52. The molecule has 1 saturated heterocycles. The molecule has 0 bridgehead atoms. The van der Waals surface area contributed by atoms with Crippen LogP contribution in [0.3, 0.4) is 0 Å². The number of aromatic nitrogens is 2. The number of nitriles is 1. The smallest absolute Gasteiger partial charge is 0.325 e. The Labute approximate surface area is 204 Å². The van der Waals surface area contributed by atoms with E-state index in [0.29, 0.717) is 55.7 Å². The molecule has 11 nitrogen and oxygen atoms in total. The Bertz CT molecular complexity index is 1040. The van der Waals surface area contributed by atoms with E-state index in [1.165, 1.54) is 0 Å². The molecule has 2 heterocycles. The molecule has 1 fully saturated rings. The molecule has 5 amide bonds. The van der Waals surface area contributed by atoms with Crippen LogP contribution in [0.15, 0.2) is 42.7 Å². The minimum absolute atomic E-state index is 0.179. The van der Waals surface area contributed by atoms with Crippen molar-refractivity contribution in [2.45, 2.75) is 20.3 Å². The van der Waals surface area contributed by atoms with Gasteiger partial charge in [0.1, 0.15) is 6.54 Å². The van der Waals surface area contributed by atoms with Crippen LogP contribution in [-0.4, -0.2) is 77.0 Å². The quantitative estimate of drug-likeness (QED) is 0.584. The average molecular weight is 479 g/mol. The van der Waals surface area contributed by atoms with E-state index in [-0.39, 0.29) is 19.1 Å². The van der Waals surface area contributed by atoms with E-state index in [9.17, 15) is 14.4 Å². The lowest BCUT2D eigenvalue weighted by Gasteiger charge is -2.34. The van der Waals surface area contributed by atoms with Gasteiger partial charge in [-0.15, -0.1) is 0 Å². The van der Waals surface area contributed by atoms with Gasteiger partial charge in [-0.3, -0.25) is 9.69 Å². The first-order valence-corrected chi connectivity index (χ1v) is 11.5. The van der Waals surface area contributed by atoms with Crippen LogP contribution in [0.1, 0.15) is 30.6 Å². The number of amides is 5. The van der Waals surface area contributed by atoms with E-state index in [2.05, 4.69) is 20.6 Å². The summed E-state index contributed by atoms with van der Waals surface area (Å²) >= 11 is 0. The maximum atomic E-state index is 13.0. The summed E-state index contributed by atoms with van der Waals surface area (Å²) in [6, 6.07) is 9.18. The highest BCUT2D eigenvalue weighted by Crippen LogP contribution is 2.15. The zero-order valence-corrected chi connectivity index (χ0v) is 20.0. The average Bonchev–Trinajstić information content (AvgIpc) is 2.88. The normalized spacial score (nSPS) is 13.2. The van der Waals surface area contributed by atoms with Crippen LogP contribution in [0.2, 0.25) is 0 Å². The van der Waals surface area contributed by atoms with Crippen molar-refractivity contribution in [3.8, 4) is 6.07 Å². The fourth-order valence-corrected chi connectivity index (χ4v) is 3.51. The van der Waals surface area contributed by atoms with Crippen LogP contribution >= 0.6 is 0 Å². The number of nitrogens with zero attached hydrogens (tertiary/aromatic N) is 6. The molecule has 0 radical (unpaired) electrons. The van der Waals surface area contributed by atoms with E-state index in [0.717, 1.165) is 4.90 Å². The van der Waals surface area contributed by atoms with Gasteiger partial charge < -0.3 is 20.4 Å². The second-order valence-electron chi connectivity index (χ2n) is 8.49. The third kappa shape index (κ3) is 7.14. The number of rotatable bonds is 7. The van der Waals surface area contributed by atoms with Crippen LogP contribution in [0.4, 0.5) is 21.2 Å².